The van der Waals surface area contributed by atoms with E-state index < -0.39 is 23.5 Å². The Morgan fingerprint density at radius 2 is 1.88 bits per heavy atom. The van der Waals surface area contributed by atoms with Gasteiger partial charge >= 0.3 is 6.09 Å². The van der Waals surface area contributed by atoms with Crippen LogP contribution in [0.3, 0.4) is 0 Å². The van der Waals surface area contributed by atoms with Crippen LogP contribution in [0.5, 0.6) is 5.75 Å². The number of ether oxygens (including phenoxy) is 5. The van der Waals surface area contributed by atoms with Gasteiger partial charge < -0.3 is 23.7 Å². The fourth-order valence-electron chi connectivity index (χ4n) is 4.20. The Morgan fingerprint density at radius 1 is 1.18 bits per heavy atom. The Hall–Kier alpha value is -2.16. The number of ketones is 1. The summed E-state index contributed by atoms with van der Waals surface area (Å²) in [6.45, 7) is 10.4. The van der Waals surface area contributed by atoms with E-state index in [9.17, 15) is 9.59 Å². The van der Waals surface area contributed by atoms with Gasteiger partial charge in [-0.15, -0.1) is 0 Å². The molecule has 1 aromatic rings. The molecular weight excluding hydrogens is 426 g/mol. The van der Waals surface area contributed by atoms with E-state index in [2.05, 4.69) is 0 Å². The molecule has 1 amide bonds. The van der Waals surface area contributed by atoms with Crippen LogP contribution in [0, 0.1) is 0 Å². The van der Waals surface area contributed by atoms with Gasteiger partial charge in [0.1, 0.15) is 22.9 Å². The second-order valence-corrected chi connectivity index (χ2v) is 10.1. The lowest BCUT2D eigenvalue weighted by Crippen LogP contribution is -2.55. The Labute approximate surface area is 196 Å². The molecule has 3 atom stereocenters. The molecule has 0 N–H and O–H groups in total. The number of Topliss-reactive ketones (excluding diaryl/α,β-unsaturated/α-hetero) is 1. The lowest BCUT2D eigenvalue weighted by atomic mass is 9.96. The summed E-state index contributed by atoms with van der Waals surface area (Å²) < 4.78 is 28.7. The fourth-order valence-corrected chi connectivity index (χ4v) is 4.20. The van der Waals surface area contributed by atoms with Crippen molar-refractivity contribution >= 4 is 11.9 Å². The minimum Gasteiger partial charge on any atom is -0.497 e. The molecule has 33 heavy (non-hydrogen) atoms. The predicted molar refractivity (Wildman–Crippen MR) is 122 cm³/mol. The third-order valence-corrected chi connectivity index (χ3v) is 5.80. The van der Waals surface area contributed by atoms with Crippen molar-refractivity contribution in [1.29, 1.82) is 0 Å². The van der Waals surface area contributed by atoms with Crippen LogP contribution in [-0.2, 0) is 30.3 Å². The molecule has 0 spiro atoms. The number of nitrogens with zero attached hydrogens (tertiary/aromatic N) is 1. The lowest BCUT2D eigenvalue weighted by Gasteiger charge is -2.39. The van der Waals surface area contributed by atoms with Crippen LogP contribution in [0.25, 0.3) is 0 Å². The Balaban J connectivity index is 1.56. The van der Waals surface area contributed by atoms with E-state index in [-0.39, 0.29) is 24.3 Å². The smallest absolute Gasteiger partial charge is 0.412 e. The number of carbonyl (C=O) groups is 2. The molecule has 1 aromatic carbocycles. The van der Waals surface area contributed by atoms with Crippen LogP contribution in [0.4, 0.5) is 4.79 Å². The van der Waals surface area contributed by atoms with Crippen molar-refractivity contribution in [2.45, 2.75) is 90.1 Å². The highest BCUT2D eigenvalue weighted by Crippen LogP contribution is 2.35. The molecule has 3 rings (SSSR count). The van der Waals surface area contributed by atoms with E-state index in [1.165, 1.54) is 0 Å². The minimum absolute atomic E-state index is 0.125. The Bertz CT molecular complexity index is 815. The van der Waals surface area contributed by atoms with E-state index >= 15 is 0 Å². The van der Waals surface area contributed by atoms with Crippen molar-refractivity contribution in [3.05, 3.63) is 29.8 Å². The predicted octanol–water partition coefficient (Wildman–Crippen LogP) is 4.09. The van der Waals surface area contributed by atoms with Gasteiger partial charge in [0, 0.05) is 19.4 Å². The monoisotopic (exact) mass is 463 g/mol. The summed E-state index contributed by atoms with van der Waals surface area (Å²) in [4.78, 5) is 27.0. The van der Waals surface area contributed by atoms with Gasteiger partial charge in [-0.3, -0.25) is 9.69 Å². The summed E-state index contributed by atoms with van der Waals surface area (Å²) in [5.41, 5.74) is -0.422. The molecule has 8 nitrogen and oxygen atoms in total. The first-order valence-electron chi connectivity index (χ1n) is 11.5. The summed E-state index contributed by atoms with van der Waals surface area (Å²) in [5, 5.41) is 0. The van der Waals surface area contributed by atoms with Crippen LogP contribution in [-0.4, -0.2) is 66.7 Å². The van der Waals surface area contributed by atoms with Crippen molar-refractivity contribution in [1.82, 2.24) is 4.90 Å². The number of methoxy groups -OCH3 is 1. The second-order valence-electron chi connectivity index (χ2n) is 10.1. The zero-order chi connectivity index (χ0) is 24.2. The molecule has 2 saturated heterocycles. The first kappa shape index (κ1) is 25.5. The first-order valence-corrected chi connectivity index (χ1v) is 11.5. The summed E-state index contributed by atoms with van der Waals surface area (Å²) in [7, 11) is 1.63. The SMILES string of the molecule is COc1ccc(COCC[C@@H]2CC(=O)C[C@H]([C@@H]3COC(C)(C)N3C(=O)OC(C)(C)C)O2)cc1. The zero-order valence-electron chi connectivity index (χ0n) is 20.6. The summed E-state index contributed by atoms with van der Waals surface area (Å²) >= 11 is 0. The van der Waals surface area contributed by atoms with Gasteiger partial charge in [0.2, 0.25) is 0 Å². The fraction of sp³-hybridized carbons (Fsp3) is 0.680. The zero-order valence-corrected chi connectivity index (χ0v) is 20.6. The molecule has 0 bridgehead atoms. The van der Waals surface area contributed by atoms with Gasteiger partial charge in [-0.1, -0.05) is 12.1 Å². The molecular formula is C25H37NO7. The van der Waals surface area contributed by atoms with E-state index in [0.717, 1.165) is 11.3 Å². The average molecular weight is 464 g/mol. The second kappa shape index (κ2) is 10.4. The molecule has 2 fully saturated rings. The molecule has 0 aliphatic carbocycles. The Kier molecular flexibility index (Phi) is 8.03. The molecule has 2 aliphatic rings. The van der Waals surface area contributed by atoms with Crippen molar-refractivity contribution in [2.75, 3.05) is 20.3 Å². The van der Waals surface area contributed by atoms with Gasteiger partial charge in [-0.25, -0.2) is 4.79 Å². The molecule has 2 heterocycles. The van der Waals surface area contributed by atoms with Crippen LogP contribution < -0.4 is 4.74 Å². The van der Waals surface area contributed by atoms with E-state index in [1.807, 2.05) is 58.9 Å². The maximum atomic E-state index is 12.9. The number of benzene rings is 1. The minimum atomic E-state index is -0.839. The van der Waals surface area contributed by atoms with Gasteiger partial charge in [0.05, 0.1) is 38.6 Å². The van der Waals surface area contributed by atoms with Crippen LogP contribution >= 0.6 is 0 Å². The van der Waals surface area contributed by atoms with Crippen molar-refractivity contribution in [3.63, 3.8) is 0 Å². The van der Waals surface area contributed by atoms with Gasteiger partial charge in [-0.2, -0.15) is 0 Å². The molecule has 0 aromatic heterocycles. The number of carbonyl (C=O) groups excluding carboxylic acids is 2. The third-order valence-electron chi connectivity index (χ3n) is 5.80. The highest BCUT2D eigenvalue weighted by Gasteiger charge is 2.50. The maximum absolute atomic E-state index is 12.9. The van der Waals surface area contributed by atoms with Crippen molar-refractivity contribution in [2.24, 2.45) is 0 Å². The summed E-state index contributed by atoms with van der Waals surface area (Å²) in [6.07, 6.45) is 0.0553. The van der Waals surface area contributed by atoms with E-state index in [1.54, 1.807) is 12.0 Å². The van der Waals surface area contributed by atoms with Crippen molar-refractivity contribution < 1.29 is 33.3 Å². The highest BCUT2D eigenvalue weighted by atomic mass is 16.6. The quantitative estimate of drug-likeness (QED) is 0.563. The standard InChI is InChI=1S/C25H37NO7/c1-24(2,3)33-23(28)26-21(16-31-25(26,4)5)22-14-18(27)13-20(32-22)11-12-30-15-17-7-9-19(29-6)10-8-17/h7-10,20-22H,11-16H2,1-6H3/t20-,21+,22-/m1/s1. The number of amides is 1. The largest absolute Gasteiger partial charge is 0.497 e. The van der Waals surface area contributed by atoms with Gasteiger partial charge in [-0.05, 0) is 58.7 Å². The first-order chi connectivity index (χ1) is 15.5. The highest BCUT2D eigenvalue weighted by molar-refractivity contribution is 5.80. The molecule has 0 radical (unpaired) electrons. The van der Waals surface area contributed by atoms with E-state index in [0.29, 0.717) is 32.7 Å². The number of hydrogen-bond acceptors (Lipinski definition) is 7. The third kappa shape index (κ3) is 6.91. The Morgan fingerprint density at radius 3 is 2.52 bits per heavy atom. The van der Waals surface area contributed by atoms with Gasteiger partial charge in [0.15, 0.2) is 0 Å². The maximum Gasteiger partial charge on any atom is 0.412 e. The average Bonchev–Trinajstić information content (AvgIpc) is 3.05. The summed E-state index contributed by atoms with van der Waals surface area (Å²) in [6, 6.07) is 7.33. The van der Waals surface area contributed by atoms with Crippen LogP contribution in [0.2, 0.25) is 0 Å². The molecule has 0 saturated carbocycles. The molecule has 184 valence electrons. The lowest BCUT2D eigenvalue weighted by molar-refractivity contribution is -0.143. The molecule has 0 unspecified atom stereocenters. The van der Waals surface area contributed by atoms with Crippen LogP contribution in [0.1, 0.15) is 59.4 Å². The topological polar surface area (TPSA) is 83.5 Å². The molecule has 2 aliphatic heterocycles. The number of hydrogen-bond donors (Lipinski definition) is 0. The summed E-state index contributed by atoms with van der Waals surface area (Å²) in [5.74, 6) is 0.929. The number of rotatable bonds is 7. The van der Waals surface area contributed by atoms with E-state index in [4.69, 9.17) is 23.7 Å². The van der Waals surface area contributed by atoms with Crippen molar-refractivity contribution in [3.8, 4) is 5.75 Å². The normalized spacial score (nSPS) is 25.2. The molecule has 8 heteroatoms. The van der Waals surface area contributed by atoms with Crippen LogP contribution in [0.15, 0.2) is 24.3 Å². The van der Waals surface area contributed by atoms with Gasteiger partial charge in [0.25, 0.3) is 0 Å².